The van der Waals surface area contributed by atoms with E-state index < -0.39 is 17.5 Å². The van der Waals surface area contributed by atoms with Crippen LogP contribution in [0.3, 0.4) is 0 Å². The molecule has 6 aromatic rings. The summed E-state index contributed by atoms with van der Waals surface area (Å²) < 4.78 is 38.3. The maximum absolute atomic E-state index is 15.0. The highest BCUT2D eigenvalue weighted by Gasteiger charge is 2.17. The number of nitrogens with one attached hydrogen (secondary N) is 1. The monoisotopic (exact) mass is 538 g/mol. The number of pyridine rings is 1. The minimum Gasteiger partial charge on any atom is -0.453 e. The van der Waals surface area contributed by atoms with Crippen LogP contribution in [0.2, 0.25) is 0 Å². The molecule has 192 valence electrons. The molecule has 39 heavy (non-hydrogen) atoms. The number of thiophene rings is 1. The van der Waals surface area contributed by atoms with Gasteiger partial charge in [-0.25, -0.2) is 13.8 Å². The number of carbonyl (C=O) groups is 1. The lowest BCUT2D eigenvalue weighted by atomic mass is 10.0. The number of amides is 1. The zero-order valence-corrected chi connectivity index (χ0v) is 21.4. The second kappa shape index (κ2) is 10.1. The molecule has 0 radical (unpaired) electrons. The van der Waals surface area contributed by atoms with Crippen molar-refractivity contribution in [1.29, 1.82) is 0 Å². The van der Waals surface area contributed by atoms with Crippen LogP contribution in [0.4, 0.5) is 14.5 Å². The highest BCUT2D eigenvalue weighted by atomic mass is 32.1. The van der Waals surface area contributed by atoms with Crippen LogP contribution in [0.15, 0.2) is 97.5 Å². The molecule has 9 heteroatoms. The van der Waals surface area contributed by atoms with E-state index >= 15 is 4.39 Å². The number of imidazole rings is 1. The number of fused-ring (bicyclic) bond motifs is 1. The molecule has 0 saturated heterocycles. The number of rotatable bonds is 6. The Hall–Kier alpha value is -4.89. The van der Waals surface area contributed by atoms with Crippen molar-refractivity contribution in [2.75, 3.05) is 5.32 Å². The molecule has 0 aliphatic heterocycles. The van der Waals surface area contributed by atoms with Gasteiger partial charge in [-0.15, -0.1) is 11.3 Å². The molecule has 0 unspecified atom stereocenters. The summed E-state index contributed by atoms with van der Waals surface area (Å²) in [5.41, 5.74) is 2.23. The predicted octanol–water partition coefficient (Wildman–Crippen LogP) is 7.69. The van der Waals surface area contributed by atoms with Gasteiger partial charge >= 0.3 is 0 Å². The van der Waals surface area contributed by atoms with Crippen LogP contribution in [-0.2, 0) is 7.05 Å². The number of anilines is 1. The SMILES string of the molecule is Cn1ccnc1-c1cc2nccc(Oc3ccc(NC(=O)c4ccc(-c5ccccc5)cc4F)cc3F)c2s1. The molecule has 0 saturated carbocycles. The van der Waals surface area contributed by atoms with Crippen LogP contribution in [-0.4, -0.2) is 20.4 Å². The summed E-state index contributed by atoms with van der Waals surface area (Å²) in [6.07, 6.45) is 5.17. The summed E-state index contributed by atoms with van der Waals surface area (Å²) in [5.74, 6) is -0.819. The molecule has 6 nitrogen and oxygen atoms in total. The molecule has 3 aromatic heterocycles. The van der Waals surface area contributed by atoms with Gasteiger partial charge in [0.25, 0.3) is 5.91 Å². The topological polar surface area (TPSA) is 69.0 Å². The van der Waals surface area contributed by atoms with Gasteiger partial charge in [-0.2, -0.15) is 0 Å². The second-order valence-electron chi connectivity index (χ2n) is 8.76. The first-order valence-corrected chi connectivity index (χ1v) is 12.8. The van der Waals surface area contributed by atoms with E-state index in [1.54, 1.807) is 24.5 Å². The number of nitrogens with zero attached hydrogens (tertiary/aromatic N) is 3. The molecule has 6 rings (SSSR count). The van der Waals surface area contributed by atoms with Crippen molar-refractivity contribution in [3.05, 3.63) is 115 Å². The zero-order chi connectivity index (χ0) is 26.9. The molecule has 3 heterocycles. The Balaban J connectivity index is 1.20. The molecule has 3 aromatic carbocycles. The summed E-state index contributed by atoms with van der Waals surface area (Å²) in [6.45, 7) is 0. The summed E-state index contributed by atoms with van der Waals surface area (Å²) in [6, 6.07) is 21.3. The lowest BCUT2D eigenvalue weighted by molar-refractivity contribution is 0.102. The van der Waals surface area contributed by atoms with E-state index in [9.17, 15) is 9.18 Å². The van der Waals surface area contributed by atoms with Crippen LogP contribution in [0, 0.1) is 11.6 Å². The van der Waals surface area contributed by atoms with Gasteiger partial charge < -0.3 is 14.6 Å². The standard InChI is InChI=1S/C30H20F2N4O2S/c1-36-14-13-34-29(36)27-17-24-28(39-27)26(11-12-33-24)38-25-10-8-20(16-23(25)32)35-30(37)21-9-7-19(15-22(21)31)18-5-3-2-4-6-18/h2-17H,1H3,(H,35,37). The molecule has 1 N–H and O–H groups in total. The van der Waals surface area contributed by atoms with E-state index in [1.807, 2.05) is 54.2 Å². The predicted molar refractivity (Wildman–Crippen MR) is 148 cm³/mol. The average Bonchev–Trinajstić information content (AvgIpc) is 3.57. The van der Waals surface area contributed by atoms with Gasteiger partial charge in [0, 0.05) is 43.5 Å². The molecular weight excluding hydrogens is 518 g/mol. The first-order valence-electron chi connectivity index (χ1n) is 12.0. The number of aromatic nitrogens is 3. The highest BCUT2D eigenvalue weighted by Crippen LogP contribution is 2.39. The number of ether oxygens (including phenoxy) is 1. The molecule has 0 aliphatic carbocycles. The van der Waals surface area contributed by atoms with Crippen molar-refractivity contribution in [1.82, 2.24) is 14.5 Å². The fourth-order valence-corrected chi connectivity index (χ4v) is 5.30. The average molecular weight is 539 g/mol. The molecule has 0 spiro atoms. The largest absolute Gasteiger partial charge is 0.453 e. The van der Waals surface area contributed by atoms with E-state index in [0.717, 1.165) is 27.0 Å². The zero-order valence-electron chi connectivity index (χ0n) is 20.6. The lowest BCUT2D eigenvalue weighted by Gasteiger charge is -2.11. The van der Waals surface area contributed by atoms with E-state index in [4.69, 9.17) is 4.74 Å². The fourth-order valence-electron chi connectivity index (χ4n) is 4.20. The molecular formula is C30H20F2N4O2S. The van der Waals surface area contributed by atoms with Crippen molar-refractivity contribution in [3.8, 4) is 33.3 Å². The number of halogens is 2. The molecule has 0 bridgehead atoms. The van der Waals surface area contributed by atoms with E-state index in [1.165, 1.54) is 35.6 Å². The van der Waals surface area contributed by atoms with Crippen molar-refractivity contribution in [3.63, 3.8) is 0 Å². The van der Waals surface area contributed by atoms with Gasteiger partial charge in [0.05, 0.1) is 20.7 Å². The van der Waals surface area contributed by atoms with Gasteiger partial charge in [-0.3, -0.25) is 9.78 Å². The Morgan fingerprint density at radius 3 is 2.46 bits per heavy atom. The Kier molecular flexibility index (Phi) is 6.34. The van der Waals surface area contributed by atoms with Crippen molar-refractivity contribution in [2.24, 2.45) is 7.05 Å². The number of benzene rings is 3. The molecule has 0 aliphatic rings. The van der Waals surface area contributed by atoms with E-state index in [-0.39, 0.29) is 17.0 Å². The second-order valence-corrected chi connectivity index (χ2v) is 9.81. The van der Waals surface area contributed by atoms with Gasteiger partial charge in [0.15, 0.2) is 11.6 Å². The third kappa shape index (κ3) is 4.87. The van der Waals surface area contributed by atoms with Gasteiger partial charge in [-0.05, 0) is 41.5 Å². The van der Waals surface area contributed by atoms with Crippen molar-refractivity contribution in [2.45, 2.75) is 0 Å². The minimum absolute atomic E-state index is 0.0224. The van der Waals surface area contributed by atoms with Crippen LogP contribution in [0.25, 0.3) is 32.0 Å². The van der Waals surface area contributed by atoms with Crippen molar-refractivity contribution >= 4 is 33.1 Å². The number of hydrogen-bond donors (Lipinski definition) is 1. The Morgan fingerprint density at radius 2 is 1.72 bits per heavy atom. The Bertz CT molecular complexity index is 1830. The Labute approximate surface area is 226 Å². The third-order valence-electron chi connectivity index (χ3n) is 6.15. The fraction of sp³-hybridized carbons (Fsp3) is 0.0333. The lowest BCUT2D eigenvalue weighted by Crippen LogP contribution is -2.14. The molecule has 0 atom stereocenters. The maximum Gasteiger partial charge on any atom is 0.258 e. The van der Waals surface area contributed by atoms with Crippen LogP contribution >= 0.6 is 11.3 Å². The van der Waals surface area contributed by atoms with E-state index in [2.05, 4.69) is 15.3 Å². The van der Waals surface area contributed by atoms with Crippen molar-refractivity contribution < 1.29 is 18.3 Å². The first kappa shape index (κ1) is 24.4. The summed E-state index contributed by atoms with van der Waals surface area (Å²) >= 11 is 1.45. The smallest absolute Gasteiger partial charge is 0.258 e. The van der Waals surface area contributed by atoms with E-state index in [0.29, 0.717) is 16.8 Å². The summed E-state index contributed by atoms with van der Waals surface area (Å²) in [5, 5.41) is 2.55. The number of carbonyl (C=O) groups excluding carboxylic acids is 1. The van der Waals surface area contributed by atoms with Crippen LogP contribution in [0.5, 0.6) is 11.5 Å². The quantitative estimate of drug-likeness (QED) is 0.236. The minimum atomic E-state index is -0.684. The first-order chi connectivity index (χ1) is 19.0. The van der Waals surface area contributed by atoms with Gasteiger partial charge in [0.1, 0.15) is 17.4 Å². The summed E-state index contributed by atoms with van der Waals surface area (Å²) in [7, 11) is 1.90. The number of hydrogen-bond acceptors (Lipinski definition) is 5. The Morgan fingerprint density at radius 1 is 0.872 bits per heavy atom. The highest BCUT2D eigenvalue weighted by molar-refractivity contribution is 7.22. The third-order valence-corrected chi connectivity index (χ3v) is 7.28. The van der Waals surface area contributed by atoms with Crippen LogP contribution in [0.1, 0.15) is 10.4 Å². The normalized spacial score (nSPS) is 11.1. The number of aryl methyl sites for hydroxylation is 1. The molecule has 0 fully saturated rings. The molecule has 1 amide bonds. The van der Waals surface area contributed by atoms with Crippen LogP contribution < -0.4 is 10.1 Å². The maximum atomic E-state index is 15.0. The van der Waals surface area contributed by atoms with Gasteiger partial charge in [0.2, 0.25) is 0 Å². The van der Waals surface area contributed by atoms with Gasteiger partial charge in [-0.1, -0.05) is 36.4 Å². The summed E-state index contributed by atoms with van der Waals surface area (Å²) in [4.78, 5) is 22.4.